The second-order valence-corrected chi connectivity index (χ2v) is 5.54. The molecule has 0 aliphatic heterocycles. The molecule has 3 heterocycles. The van der Waals surface area contributed by atoms with Gasteiger partial charge in [-0.05, 0) is 0 Å². The molecule has 3 aromatic rings. The summed E-state index contributed by atoms with van der Waals surface area (Å²) >= 11 is 3.26. The Morgan fingerprint density at radius 3 is 3.11 bits per heavy atom. The SMILES string of the molecule is COc1nc2sccn2c1CNCc1cncs1. The van der Waals surface area contributed by atoms with Crippen molar-refractivity contribution in [1.29, 1.82) is 0 Å². The Balaban J connectivity index is 1.74. The lowest BCUT2D eigenvalue weighted by molar-refractivity contribution is 0.393. The van der Waals surface area contributed by atoms with E-state index in [9.17, 15) is 0 Å². The molecule has 1 N–H and O–H groups in total. The minimum absolute atomic E-state index is 0.693. The minimum Gasteiger partial charge on any atom is -0.480 e. The third kappa shape index (κ3) is 2.12. The third-order valence-electron chi connectivity index (χ3n) is 2.59. The molecule has 3 aromatic heterocycles. The number of methoxy groups -OCH3 is 1. The molecule has 94 valence electrons. The molecule has 3 rings (SSSR count). The number of hydrogen-bond donors (Lipinski definition) is 1. The lowest BCUT2D eigenvalue weighted by atomic mass is 10.4. The maximum atomic E-state index is 5.30. The molecule has 0 aliphatic carbocycles. The molecule has 0 aliphatic rings. The molecular weight excluding hydrogens is 268 g/mol. The number of aromatic nitrogens is 3. The van der Waals surface area contributed by atoms with E-state index in [4.69, 9.17) is 4.74 Å². The van der Waals surface area contributed by atoms with Crippen molar-refractivity contribution in [3.8, 4) is 5.88 Å². The number of fused-ring (bicyclic) bond motifs is 1. The number of ether oxygens (including phenoxy) is 1. The van der Waals surface area contributed by atoms with Gasteiger partial charge in [-0.2, -0.15) is 4.98 Å². The zero-order valence-electron chi connectivity index (χ0n) is 9.79. The molecule has 18 heavy (non-hydrogen) atoms. The molecule has 0 fully saturated rings. The van der Waals surface area contributed by atoms with Gasteiger partial charge in [0.2, 0.25) is 5.88 Å². The van der Waals surface area contributed by atoms with E-state index in [1.165, 1.54) is 4.88 Å². The van der Waals surface area contributed by atoms with E-state index in [2.05, 4.69) is 19.7 Å². The third-order valence-corrected chi connectivity index (χ3v) is 4.13. The zero-order valence-corrected chi connectivity index (χ0v) is 11.4. The Labute approximate surface area is 112 Å². The number of imidazole rings is 1. The van der Waals surface area contributed by atoms with Gasteiger partial charge in [0.15, 0.2) is 4.96 Å². The van der Waals surface area contributed by atoms with Crippen molar-refractivity contribution in [1.82, 2.24) is 19.7 Å². The van der Waals surface area contributed by atoms with Crippen LogP contribution in [0.4, 0.5) is 0 Å². The van der Waals surface area contributed by atoms with Crippen LogP contribution in [0.15, 0.2) is 23.3 Å². The molecule has 0 radical (unpaired) electrons. The van der Waals surface area contributed by atoms with Crippen molar-refractivity contribution in [2.75, 3.05) is 7.11 Å². The summed E-state index contributed by atoms with van der Waals surface area (Å²) in [5, 5.41) is 5.40. The first kappa shape index (κ1) is 11.6. The second-order valence-electron chi connectivity index (χ2n) is 3.69. The molecule has 0 spiro atoms. The Kier molecular flexibility index (Phi) is 3.26. The molecule has 0 saturated carbocycles. The molecule has 5 nitrogen and oxygen atoms in total. The molecule has 0 atom stereocenters. The molecule has 0 saturated heterocycles. The van der Waals surface area contributed by atoms with Gasteiger partial charge in [0, 0.05) is 35.7 Å². The molecule has 0 bridgehead atoms. The molecule has 0 amide bonds. The van der Waals surface area contributed by atoms with Crippen molar-refractivity contribution in [2.45, 2.75) is 13.1 Å². The van der Waals surface area contributed by atoms with Crippen LogP contribution in [-0.4, -0.2) is 21.5 Å². The van der Waals surface area contributed by atoms with Gasteiger partial charge in [-0.3, -0.25) is 9.38 Å². The van der Waals surface area contributed by atoms with Gasteiger partial charge in [-0.1, -0.05) is 0 Å². The standard InChI is InChI=1S/C11H12N4OS2/c1-16-10-9(15-2-3-17-11(15)14-10)6-12-4-8-5-13-7-18-8/h2-3,5,7,12H,4,6H2,1H3. The Bertz CT molecular complexity index is 629. The van der Waals surface area contributed by atoms with Gasteiger partial charge in [0.1, 0.15) is 5.69 Å². The first-order chi connectivity index (χ1) is 8.88. The van der Waals surface area contributed by atoms with Crippen LogP contribution >= 0.6 is 22.7 Å². The summed E-state index contributed by atoms with van der Waals surface area (Å²) in [6.45, 7) is 1.53. The normalized spacial score (nSPS) is 11.2. The van der Waals surface area contributed by atoms with Gasteiger partial charge in [-0.15, -0.1) is 22.7 Å². The lowest BCUT2D eigenvalue weighted by Gasteiger charge is -2.04. The van der Waals surface area contributed by atoms with Crippen LogP contribution in [0.2, 0.25) is 0 Å². The summed E-state index contributed by atoms with van der Waals surface area (Å²) in [7, 11) is 1.65. The second kappa shape index (κ2) is 5.05. The number of hydrogen-bond acceptors (Lipinski definition) is 6. The highest BCUT2D eigenvalue weighted by molar-refractivity contribution is 7.15. The summed E-state index contributed by atoms with van der Waals surface area (Å²) < 4.78 is 7.36. The van der Waals surface area contributed by atoms with E-state index < -0.39 is 0 Å². The fraction of sp³-hybridized carbons (Fsp3) is 0.273. The lowest BCUT2D eigenvalue weighted by Crippen LogP contribution is -2.13. The fourth-order valence-corrected chi connectivity index (χ4v) is 3.06. The van der Waals surface area contributed by atoms with E-state index in [1.807, 2.05) is 23.3 Å². The van der Waals surface area contributed by atoms with Gasteiger partial charge >= 0.3 is 0 Å². The van der Waals surface area contributed by atoms with E-state index in [-0.39, 0.29) is 0 Å². The van der Waals surface area contributed by atoms with Crippen LogP contribution in [-0.2, 0) is 13.1 Å². The van der Waals surface area contributed by atoms with Crippen LogP contribution in [0, 0.1) is 0 Å². The van der Waals surface area contributed by atoms with Gasteiger partial charge < -0.3 is 10.1 Å². The number of nitrogens with one attached hydrogen (secondary N) is 1. The highest BCUT2D eigenvalue weighted by Crippen LogP contribution is 2.22. The van der Waals surface area contributed by atoms with Crippen molar-refractivity contribution in [3.63, 3.8) is 0 Å². The van der Waals surface area contributed by atoms with Crippen LogP contribution in [0.5, 0.6) is 5.88 Å². The van der Waals surface area contributed by atoms with Crippen molar-refractivity contribution in [2.24, 2.45) is 0 Å². The smallest absolute Gasteiger partial charge is 0.237 e. The summed E-state index contributed by atoms with van der Waals surface area (Å²) in [5.74, 6) is 0.693. The maximum absolute atomic E-state index is 5.30. The van der Waals surface area contributed by atoms with Crippen molar-refractivity contribution < 1.29 is 4.74 Å². The quantitative estimate of drug-likeness (QED) is 0.778. The van der Waals surface area contributed by atoms with E-state index in [0.717, 1.165) is 23.7 Å². The molecule has 0 unspecified atom stereocenters. The van der Waals surface area contributed by atoms with Crippen LogP contribution < -0.4 is 10.1 Å². The predicted octanol–water partition coefficient (Wildman–Crippen LogP) is 2.15. The zero-order chi connectivity index (χ0) is 12.4. The van der Waals surface area contributed by atoms with E-state index in [1.54, 1.807) is 29.8 Å². The summed E-state index contributed by atoms with van der Waals surface area (Å²) in [6, 6.07) is 0. The van der Waals surface area contributed by atoms with E-state index in [0.29, 0.717) is 5.88 Å². The Morgan fingerprint density at radius 1 is 1.39 bits per heavy atom. The number of nitrogens with zero attached hydrogens (tertiary/aromatic N) is 3. The van der Waals surface area contributed by atoms with Gasteiger partial charge in [-0.25, -0.2) is 0 Å². The van der Waals surface area contributed by atoms with Gasteiger partial charge in [0.05, 0.1) is 12.6 Å². The summed E-state index contributed by atoms with van der Waals surface area (Å²) in [5.41, 5.74) is 2.89. The fourth-order valence-electron chi connectivity index (χ4n) is 1.77. The maximum Gasteiger partial charge on any atom is 0.237 e. The first-order valence-electron chi connectivity index (χ1n) is 5.45. The highest BCUT2D eigenvalue weighted by Gasteiger charge is 2.12. The molecular formula is C11H12N4OS2. The van der Waals surface area contributed by atoms with Crippen LogP contribution in [0.25, 0.3) is 4.96 Å². The average Bonchev–Trinajstić information content (AvgIpc) is 3.06. The minimum atomic E-state index is 0.693. The predicted molar refractivity (Wildman–Crippen MR) is 72.3 cm³/mol. The molecule has 7 heteroatoms. The first-order valence-corrected chi connectivity index (χ1v) is 7.21. The topological polar surface area (TPSA) is 51.5 Å². The Hall–Kier alpha value is -1.44. The molecule has 0 aromatic carbocycles. The van der Waals surface area contributed by atoms with E-state index >= 15 is 0 Å². The van der Waals surface area contributed by atoms with Crippen molar-refractivity contribution >= 4 is 27.6 Å². The van der Waals surface area contributed by atoms with Gasteiger partial charge in [0.25, 0.3) is 0 Å². The summed E-state index contributed by atoms with van der Waals surface area (Å²) in [4.78, 5) is 10.6. The monoisotopic (exact) mass is 280 g/mol. The van der Waals surface area contributed by atoms with Crippen LogP contribution in [0.1, 0.15) is 10.6 Å². The highest BCUT2D eigenvalue weighted by atomic mass is 32.1. The average molecular weight is 280 g/mol. The summed E-state index contributed by atoms with van der Waals surface area (Å²) in [6.07, 6.45) is 3.89. The largest absolute Gasteiger partial charge is 0.480 e. The van der Waals surface area contributed by atoms with Crippen LogP contribution in [0.3, 0.4) is 0 Å². The number of rotatable bonds is 5. The van der Waals surface area contributed by atoms with Crippen molar-refractivity contribution in [3.05, 3.63) is 33.9 Å². The Morgan fingerprint density at radius 2 is 2.33 bits per heavy atom. The number of thiazole rings is 2.